The molecule has 180 valence electrons. The molecule has 1 fully saturated rings. The number of amides is 2. The molecule has 34 heavy (non-hydrogen) atoms. The number of alkyl carbamates (subject to hydrolysis) is 1. The molecule has 1 aliphatic carbocycles. The number of ether oxygens (including phenoxy) is 1. The molecule has 2 unspecified atom stereocenters. The van der Waals surface area contributed by atoms with Gasteiger partial charge in [0.2, 0.25) is 5.91 Å². The number of likely N-dealkylation sites (tertiary alicyclic amines) is 1. The van der Waals surface area contributed by atoms with Crippen LogP contribution in [0.5, 0.6) is 0 Å². The summed E-state index contributed by atoms with van der Waals surface area (Å²) in [6.07, 6.45) is 3.31. The predicted molar refractivity (Wildman–Crippen MR) is 129 cm³/mol. The molecular formula is C27H32N2O5. The fourth-order valence-corrected chi connectivity index (χ4v) is 5.16. The first kappa shape index (κ1) is 23.8. The summed E-state index contributed by atoms with van der Waals surface area (Å²) in [7, 11) is 0. The molecule has 0 radical (unpaired) electrons. The fourth-order valence-electron chi connectivity index (χ4n) is 5.16. The highest BCUT2D eigenvalue weighted by atomic mass is 16.5. The van der Waals surface area contributed by atoms with E-state index in [4.69, 9.17) is 4.74 Å². The van der Waals surface area contributed by atoms with Gasteiger partial charge in [0.1, 0.15) is 18.7 Å². The first-order valence-electron chi connectivity index (χ1n) is 12.2. The number of carboxylic acid groups (broad SMARTS) is 1. The van der Waals surface area contributed by atoms with E-state index in [0.717, 1.165) is 41.5 Å². The normalized spacial score (nSPS) is 18.4. The highest BCUT2D eigenvalue weighted by Gasteiger charge is 2.35. The van der Waals surface area contributed by atoms with E-state index >= 15 is 0 Å². The largest absolute Gasteiger partial charge is 0.480 e. The van der Waals surface area contributed by atoms with Gasteiger partial charge >= 0.3 is 12.1 Å². The lowest BCUT2D eigenvalue weighted by molar-refractivity contribution is -0.151. The lowest BCUT2D eigenvalue weighted by Crippen LogP contribution is -2.53. The molecular weight excluding hydrogens is 432 g/mol. The third kappa shape index (κ3) is 4.93. The van der Waals surface area contributed by atoms with Crippen LogP contribution in [0.25, 0.3) is 11.1 Å². The highest BCUT2D eigenvalue weighted by molar-refractivity contribution is 5.89. The zero-order valence-electron chi connectivity index (χ0n) is 19.5. The molecule has 1 aliphatic heterocycles. The monoisotopic (exact) mass is 464 g/mol. The van der Waals surface area contributed by atoms with Crippen molar-refractivity contribution in [2.45, 2.75) is 63.5 Å². The van der Waals surface area contributed by atoms with E-state index < -0.39 is 24.1 Å². The summed E-state index contributed by atoms with van der Waals surface area (Å²) in [5.41, 5.74) is 4.53. The molecule has 2 amide bonds. The summed E-state index contributed by atoms with van der Waals surface area (Å²) >= 11 is 0. The third-order valence-corrected chi connectivity index (χ3v) is 6.83. The van der Waals surface area contributed by atoms with Crippen LogP contribution in [0.3, 0.4) is 0 Å². The number of carbonyl (C=O) groups excluding carboxylic acids is 2. The first-order chi connectivity index (χ1) is 16.5. The summed E-state index contributed by atoms with van der Waals surface area (Å²) < 4.78 is 5.62. The third-order valence-electron chi connectivity index (χ3n) is 6.83. The maximum absolute atomic E-state index is 13.3. The minimum atomic E-state index is -0.994. The molecule has 2 aromatic carbocycles. The van der Waals surface area contributed by atoms with Gasteiger partial charge in [-0.05, 0) is 41.5 Å². The number of carbonyl (C=O) groups is 3. The van der Waals surface area contributed by atoms with Gasteiger partial charge in [-0.15, -0.1) is 0 Å². The minimum absolute atomic E-state index is 0.0690. The molecule has 0 saturated carbocycles. The van der Waals surface area contributed by atoms with Gasteiger partial charge in [0, 0.05) is 12.5 Å². The Kier molecular flexibility index (Phi) is 7.50. The Morgan fingerprint density at radius 1 is 1.03 bits per heavy atom. The van der Waals surface area contributed by atoms with Crippen molar-refractivity contribution < 1.29 is 24.2 Å². The van der Waals surface area contributed by atoms with Gasteiger partial charge < -0.3 is 20.1 Å². The zero-order chi connectivity index (χ0) is 24.1. The van der Waals surface area contributed by atoms with E-state index in [9.17, 15) is 19.5 Å². The molecule has 1 saturated heterocycles. The summed E-state index contributed by atoms with van der Waals surface area (Å²) in [5, 5.41) is 12.4. The second kappa shape index (κ2) is 10.7. The van der Waals surface area contributed by atoms with Gasteiger partial charge in [-0.25, -0.2) is 9.59 Å². The molecule has 1 heterocycles. The van der Waals surface area contributed by atoms with Crippen LogP contribution < -0.4 is 5.32 Å². The topological polar surface area (TPSA) is 95.9 Å². The van der Waals surface area contributed by atoms with Crippen LogP contribution in [0.15, 0.2) is 48.5 Å². The van der Waals surface area contributed by atoms with Crippen LogP contribution in [-0.2, 0) is 14.3 Å². The van der Waals surface area contributed by atoms with Crippen molar-refractivity contribution in [1.29, 1.82) is 0 Å². The molecule has 7 heteroatoms. The van der Waals surface area contributed by atoms with Crippen molar-refractivity contribution in [3.8, 4) is 11.1 Å². The lowest BCUT2D eigenvalue weighted by Gasteiger charge is -2.31. The van der Waals surface area contributed by atoms with E-state index in [0.29, 0.717) is 25.8 Å². The number of nitrogens with zero attached hydrogens (tertiary/aromatic N) is 1. The minimum Gasteiger partial charge on any atom is -0.480 e. The van der Waals surface area contributed by atoms with Crippen LogP contribution >= 0.6 is 0 Å². The second-order valence-corrected chi connectivity index (χ2v) is 9.05. The number of rotatable bonds is 7. The van der Waals surface area contributed by atoms with Crippen molar-refractivity contribution in [3.05, 3.63) is 59.7 Å². The van der Waals surface area contributed by atoms with E-state index in [-0.39, 0.29) is 18.4 Å². The summed E-state index contributed by atoms with van der Waals surface area (Å²) in [4.78, 5) is 39.2. The molecule has 2 N–H and O–H groups in total. The molecule has 0 spiro atoms. The molecule has 0 bridgehead atoms. The number of hydrogen-bond donors (Lipinski definition) is 2. The summed E-state index contributed by atoms with van der Waals surface area (Å²) in [6.45, 7) is 2.48. The van der Waals surface area contributed by atoms with E-state index in [2.05, 4.69) is 29.6 Å². The maximum Gasteiger partial charge on any atom is 0.407 e. The Bertz CT molecular complexity index is 1010. The van der Waals surface area contributed by atoms with Gasteiger partial charge in [0.05, 0.1) is 0 Å². The average Bonchev–Trinajstić information content (AvgIpc) is 2.97. The average molecular weight is 465 g/mol. The lowest BCUT2D eigenvalue weighted by atomic mass is 9.98. The maximum atomic E-state index is 13.3. The van der Waals surface area contributed by atoms with Gasteiger partial charge in [0.25, 0.3) is 0 Å². The Labute approximate surface area is 200 Å². The van der Waals surface area contributed by atoms with Crippen LogP contribution in [0.1, 0.15) is 62.5 Å². The van der Waals surface area contributed by atoms with Crippen LogP contribution in [0.4, 0.5) is 4.79 Å². The van der Waals surface area contributed by atoms with E-state index in [1.807, 2.05) is 31.2 Å². The Balaban J connectivity index is 1.44. The quantitative estimate of drug-likeness (QED) is 0.627. The standard InChI is InChI=1S/C27H32N2O5/c1-2-10-23(25(30)29-16-9-3-4-15-24(29)26(31)32)28-27(33)34-17-22-20-13-7-5-11-18(20)19-12-6-8-14-21(19)22/h5-8,11-14,22-24H,2-4,9-10,15-17H2,1H3,(H,28,33)(H,31,32). The van der Waals surface area contributed by atoms with Crippen LogP contribution in [0.2, 0.25) is 0 Å². The van der Waals surface area contributed by atoms with Crippen LogP contribution in [0, 0.1) is 0 Å². The van der Waals surface area contributed by atoms with Crippen molar-refractivity contribution in [2.75, 3.05) is 13.2 Å². The molecule has 2 atom stereocenters. The van der Waals surface area contributed by atoms with Gasteiger partial charge in [-0.1, -0.05) is 74.7 Å². The first-order valence-corrected chi connectivity index (χ1v) is 12.2. The van der Waals surface area contributed by atoms with Gasteiger partial charge in [-0.2, -0.15) is 0 Å². The fraction of sp³-hybridized carbons (Fsp3) is 0.444. The molecule has 2 aromatic rings. The van der Waals surface area contributed by atoms with Crippen molar-refractivity contribution in [1.82, 2.24) is 10.2 Å². The SMILES string of the molecule is CCCC(NC(=O)OCC1c2ccccc2-c2ccccc21)C(=O)N1CCCCCC1C(=O)O. The Hall–Kier alpha value is -3.35. The number of fused-ring (bicyclic) bond motifs is 3. The summed E-state index contributed by atoms with van der Waals surface area (Å²) in [5.74, 6) is -1.41. The predicted octanol–water partition coefficient (Wildman–Crippen LogP) is 4.55. The van der Waals surface area contributed by atoms with E-state index in [1.54, 1.807) is 0 Å². The highest BCUT2D eigenvalue weighted by Crippen LogP contribution is 2.44. The van der Waals surface area contributed by atoms with Crippen molar-refractivity contribution in [3.63, 3.8) is 0 Å². The van der Waals surface area contributed by atoms with Gasteiger partial charge in [0.15, 0.2) is 0 Å². The molecule has 4 rings (SSSR count). The Morgan fingerprint density at radius 2 is 1.68 bits per heavy atom. The molecule has 7 nitrogen and oxygen atoms in total. The van der Waals surface area contributed by atoms with Crippen molar-refractivity contribution >= 4 is 18.0 Å². The number of nitrogens with one attached hydrogen (secondary N) is 1. The van der Waals surface area contributed by atoms with Gasteiger partial charge in [-0.3, -0.25) is 4.79 Å². The van der Waals surface area contributed by atoms with Crippen molar-refractivity contribution in [2.24, 2.45) is 0 Å². The van der Waals surface area contributed by atoms with E-state index in [1.165, 1.54) is 4.90 Å². The summed E-state index contributed by atoms with van der Waals surface area (Å²) in [6, 6.07) is 14.6. The number of hydrogen-bond acceptors (Lipinski definition) is 4. The smallest absolute Gasteiger partial charge is 0.407 e. The second-order valence-electron chi connectivity index (χ2n) is 9.05. The van der Waals surface area contributed by atoms with Crippen LogP contribution in [-0.4, -0.2) is 53.2 Å². The number of benzene rings is 2. The number of carboxylic acids is 1. The zero-order valence-corrected chi connectivity index (χ0v) is 19.5. The molecule has 0 aromatic heterocycles. The Morgan fingerprint density at radius 3 is 2.29 bits per heavy atom. The molecule has 2 aliphatic rings. The number of aliphatic carboxylic acids is 1.